The summed E-state index contributed by atoms with van der Waals surface area (Å²) in [5.41, 5.74) is 0.768. The summed E-state index contributed by atoms with van der Waals surface area (Å²) in [5.74, 6) is 0.0754. The summed E-state index contributed by atoms with van der Waals surface area (Å²) in [7, 11) is 2.65. The van der Waals surface area contributed by atoms with Crippen LogP contribution in [0.25, 0.3) is 0 Å². The molecule has 2 fully saturated rings. The molecule has 1 saturated carbocycles. The molecule has 3 nitrogen and oxygen atoms in total. The molecule has 1 aliphatic heterocycles. The molecule has 3 rings (SSSR count). The van der Waals surface area contributed by atoms with Crippen LogP contribution in [0.15, 0.2) is 24.3 Å². The van der Waals surface area contributed by atoms with Gasteiger partial charge in [0.1, 0.15) is 0 Å². The maximum absolute atomic E-state index is 12.3. The van der Waals surface area contributed by atoms with Gasteiger partial charge in [-0.3, -0.25) is 4.79 Å². The van der Waals surface area contributed by atoms with Crippen molar-refractivity contribution in [2.24, 2.45) is 0 Å². The van der Waals surface area contributed by atoms with Crippen molar-refractivity contribution >= 4 is 20.5 Å². The fourth-order valence-electron chi connectivity index (χ4n) is 3.77. The topological polar surface area (TPSA) is 32.3 Å². The number of carbonyl (C=O) groups excluding carboxylic acids is 1. The first kappa shape index (κ1) is 16.0. The standard InChI is InChI=1S/C18H27N2OP/c21-18(14-4-10-17(22)11-5-14)19-15-6-8-16(9-7-15)20-12-2-1-3-13-20/h4-5,10-11,15-16H,1-3,6-9,12-13,22H2,(H,19,21)/t15-,16+. The van der Waals surface area contributed by atoms with Gasteiger partial charge in [0, 0.05) is 17.6 Å². The summed E-state index contributed by atoms with van der Waals surface area (Å²) < 4.78 is 0. The number of amides is 1. The molecule has 0 radical (unpaired) electrons. The highest BCUT2D eigenvalue weighted by Gasteiger charge is 2.27. The Hall–Kier alpha value is -0.920. The maximum atomic E-state index is 12.3. The number of piperidine rings is 1. The molecule has 120 valence electrons. The van der Waals surface area contributed by atoms with E-state index in [1.807, 2.05) is 24.3 Å². The highest BCUT2D eigenvalue weighted by molar-refractivity contribution is 7.27. The summed E-state index contributed by atoms with van der Waals surface area (Å²) >= 11 is 0. The van der Waals surface area contributed by atoms with Crippen molar-refractivity contribution in [1.82, 2.24) is 10.2 Å². The zero-order chi connectivity index (χ0) is 15.4. The molecule has 0 bridgehead atoms. The molecular formula is C18H27N2OP. The third-order valence-corrected chi connectivity index (χ3v) is 5.50. The van der Waals surface area contributed by atoms with Crippen molar-refractivity contribution in [2.45, 2.75) is 57.0 Å². The highest BCUT2D eigenvalue weighted by atomic mass is 31.0. The van der Waals surface area contributed by atoms with E-state index in [9.17, 15) is 4.79 Å². The fourth-order valence-corrected chi connectivity index (χ4v) is 3.96. The van der Waals surface area contributed by atoms with Crippen molar-refractivity contribution in [1.29, 1.82) is 0 Å². The first-order valence-electron chi connectivity index (χ1n) is 8.63. The van der Waals surface area contributed by atoms with Crippen LogP contribution in [0.2, 0.25) is 0 Å². The van der Waals surface area contributed by atoms with Crippen molar-refractivity contribution in [3.05, 3.63) is 29.8 Å². The maximum Gasteiger partial charge on any atom is 0.251 e. The first-order valence-corrected chi connectivity index (χ1v) is 9.20. The van der Waals surface area contributed by atoms with Gasteiger partial charge in [-0.25, -0.2) is 0 Å². The van der Waals surface area contributed by atoms with Gasteiger partial charge in [0.2, 0.25) is 0 Å². The predicted octanol–water partition coefficient (Wildman–Crippen LogP) is 2.71. The lowest BCUT2D eigenvalue weighted by Gasteiger charge is -2.39. The lowest BCUT2D eigenvalue weighted by Crippen LogP contribution is -2.45. The van der Waals surface area contributed by atoms with Crippen molar-refractivity contribution in [3.8, 4) is 0 Å². The molecule has 1 aromatic carbocycles. The number of hydrogen-bond donors (Lipinski definition) is 1. The zero-order valence-electron chi connectivity index (χ0n) is 13.3. The van der Waals surface area contributed by atoms with Crippen LogP contribution in [0, 0.1) is 0 Å². The van der Waals surface area contributed by atoms with Crippen molar-refractivity contribution < 1.29 is 4.79 Å². The molecule has 1 amide bonds. The summed E-state index contributed by atoms with van der Waals surface area (Å²) in [6, 6.07) is 8.84. The number of benzene rings is 1. The Bertz CT molecular complexity index is 488. The third-order valence-electron chi connectivity index (χ3n) is 5.11. The second-order valence-electron chi connectivity index (χ2n) is 6.70. The van der Waals surface area contributed by atoms with Crippen LogP contribution in [-0.2, 0) is 0 Å². The molecule has 1 aliphatic carbocycles. The average molecular weight is 318 g/mol. The molecule has 22 heavy (non-hydrogen) atoms. The van der Waals surface area contributed by atoms with Gasteiger partial charge in [0.15, 0.2) is 0 Å². The predicted molar refractivity (Wildman–Crippen MR) is 94.7 cm³/mol. The van der Waals surface area contributed by atoms with E-state index in [0.717, 1.165) is 29.8 Å². The van der Waals surface area contributed by atoms with Crippen LogP contribution in [0.1, 0.15) is 55.3 Å². The number of nitrogens with one attached hydrogen (secondary N) is 1. The van der Waals surface area contributed by atoms with Gasteiger partial charge in [-0.15, -0.1) is 9.24 Å². The smallest absolute Gasteiger partial charge is 0.251 e. The lowest BCUT2D eigenvalue weighted by molar-refractivity contribution is 0.0887. The number of likely N-dealkylation sites (tertiary alicyclic amines) is 1. The van der Waals surface area contributed by atoms with Gasteiger partial charge in [-0.2, -0.15) is 0 Å². The largest absolute Gasteiger partial charge is 0.349 e. The quantitative estimate of drug-likeness (QED) is 0.869. The van der Waals surface area contributed by atoms with E-state index in [2.05, 4.69) is 19.5 Å². The van der Waals surface area contributed by atoms with E-state index in [4.69, 9.17) is 0 Å². The minimum Gasteiger partial charge on any atom is -0.349 e. The summed E-state index contributed by atoms with van der Waals surface area (Å²) in [5, 5.41) is 4.32. The van der Waals surface area contributed by atoms with Crippen LogP contribution >= 0.6 is 9.24 Å². The van der Waals surface area contributed by atoms with E-state index in [0.29, 0.717) is 6.04 Å². The lowest BCUT2D eigenvalue weighted by atomic mass is 9.89. The van der Waals surface area contributed by atoms with E-state index in [1.54, 1.807) is 0 Å². The molecule has 4 heteroatoms. The number of nitrogens with zero attached hydrogens (tertiary/aromatic N) is 1. The van der Waals surface area contributed by atoms with Crippen LogP contribution in [-0.4, -0.2) is 36.0 Å². The van der Waals surface area contributed by atoms with Gasteiger partial charge >= 0.3 is 0 Å². The minimum atomic E-state index is 0.0754. The molecule has 2 aliphatic rings. The Kier molecular flexibility index (Phi) is 5.49. The van der Waals surface area contributed by atoms with Crippen LogP contribution in [0.4, 0.5) is 0 Å². The summed E-state index contributed by atoms with van der Waals surface area (Å²) in [4.78, 5) is 15.0. The zero-order valence-corrected chi connectivity index (χ0v) is 14.4. The Labute approximate surface area is 136 Å². The first-order chi connectivity index (χ1) is 10.7. The van der Waals surface area contributed by atoms with Gasteiger partial charge in [0.25, 0.3) is 5.91 Å². The molecule has 1 N–H and O–H groups in total. The molecule has 1 unspecified atom stereocenters. The number of carbonyl (C=O) groups is 1. The normalized spacial score (nSPS) is 26.6. The van der Waals surface area contributed by atoms with Gasteiger partial charge < -0.3 is 10.2 Å². The van der Waals surface area contributed by atoms with Gasteiger partial charge in [-0.05, 0) is 69.1 Å². The third kappa shape index (κ3) is 4.08. The number of hydrogen-bond acceptors (Lipinski definition) is 2. The molecule has 0 aromatic heterocycles. The Balaban J connectivity index is 1.47. The molecule has 1 atom stereocenters. The molecular weight excluding hydrogens is 291 g/mol. The van der Waals surface area contributed by atoms with Gasteiger partial charge in [0.05, 0.1) is 0 Å². The number of rotatable bonds is 3. The minimum absolute atomic E-state index is 0.0754. The second kappa shape index (κ2) is 7.57. The monoisotopic (exact) mass is 318 g/mol. The fraction of sp³-hybridized carbons (Fsp3) is 0.611. The van der Waals surface area contributed by atoms with Crippen LogP contribution < -0.4 is 10.6 Å². The van der Waals surface area contributed by atoms with Crippen LogP contribution in [0.5, 0.6) is 0 Å². The van der Waals surface area contributed by atoms with Gasteiger partial charge in [-0.1, -0.05) is 18.6 Å². The molecule has 1 heterocycles. The van der Waals surface area contributed by atoms with E-state index < -0.39 is 0 Å². The summed E-state index contributed by atoms with van der Waals surface area (Å²) in [6.45, 7) is 2.56. The Morgan fingerprint density at radius 1 is 1.00 bits per heavy atom. The summed E-state index contributed by atoms with van der Waals surface area (Å²) in [6.07, 6.45) is 8.83. The molecule has 1 aromatic rings. The second-order valence-corrected chi connectivity index (χ2v) is 7.36. The van der Waals surface area contributed by atoms with Crippen molar-refractivity contribution in [2.75, 3.05) is 13.1 Å². The molecule has 1 saturated heterocycles. The van der Waals surface area contributed by atoms with E-state index >= 15 is 0 Å². The average Bonchev–Trinajstić information content (AvgIpc) is 2.57. The van der Waals surface area contributed by atoms with Crippen molar-refractivity contribution in [3.63, 3.8) is 0 Å². The highest BCUT2D eigenvalue weighted by Crippen LogP contribution is 2.25. The SMILES string of the molecule is O=C(N[C@H]1CC[C@@H](N2CCCCC2)CC1)c1ccc(P)cc1. The van der Waals surface area contributed by atoms with E-state index in [1.165, 1.54) is 45.2 Å². The Morgan fingerprint density at radius 2 is 1.64 bits per heavy atom. The molecule has 0 spiro atoms. The van der Waals surface area contributed by atoms with Crippen LogP contribution in [0.3, 0.4) is 0 Å². The van der Waals surface area contributed by atoms with E-state index in [-0.39, 0.29) is 5.91 Å². The Morgan fingerprint density at radius 3 is 2.27 bits per heavy atom.